The maximum atomic E-state index is 13.7. The number of para-hydroxylation sites is 1. The second kappa shape index (κ2) is 8.69. The van der Waals surface area contributed by atoms with Crippen molar-refractivity contribution in [2.24, 2.45) is 4.40 Å². The van der Waals surface area contributed by atoms with Crippen LogP contribution >= 0.6 is 0 Å². The van der Waals surface area contributed by atoms with Crippen LogP contribution in [0, 0.1) is 5.82 Å². The van der Waals surface area contributed by atoms with Crippen LogP contribution in [0.25, 0.3) is 0 Å². The van der Waals surface area contributed by atoms with Crippen LogP contribution in [-0.2, 0) is 14.8 Å². The van der Waals surface area contributed by atoms with Crippen LogP contribution in [0.15, 0.2) is 88.2 Å². The van der Waals surface area contributed by atoms with E-state index in [9.17, 15) is 17.6 Å². The van der Waals surface area contributed by atoms with Crippen molar-refractivity contribution in [1.82, 2.24) is 0 Å². The Balaban J connectivity index is 1.52. The molecule has 8 heteroatoms. The van der Waals surface area contributed by atoms with Gasteiger partial charge in [-0.2, -0.15) is 8.42 Å². The largest absolute Gasteiger partial charge is 0.462 e. The molecule has 0 saturated carbocycles. The highest BCUT2D eigenvalue weighted by Gasteiger charge is 2.32. The molecule has 3 aromatic carbocycles. The third kappa shape index (κ3) is 4.34. The predicted molar refractivity (Wildman–Crippen MR) is 115 cm³/mol. The molecule has 1 heterocycles. The molecule has 0 atom stereocenters. The molecule has 31 heavy (non-hydrogen) atoms. The number of benzene rings is 3. The van der Waals surface area contributed by atoms with Crippen LogP contribution in [0.3, 0.4) is 0 Å². The molecule has 6 nitrogen and oxygen atoms in total. The molecule has 1 aliphatic heterocycles. The van der Waals surface area contributed by atoms with E-state index in [0.717, 1.165) is 5.69 Å². The smallest absolute Gasteiger partial charge is 0.341 e. The van der Waals surface area contributed by atoms with Gasteiger partial charge in [0.05, 0.1) is 12.2 Å². The van der Waals surface area contributed by atoms with E-state index in [1.165, 1.54) is 24.3 Å². The number of rotatable bonds is 6. The summed E-state index contributed by atoms with van der Waals surface area (Å²) in [6.07, 6.45) is 0.385. The van der Waals surface area contributed by atoms with Gasteiger partial charge in [-0.3, -0.25) is 0 Å². The minimum absolute atomic E-state index is 0.0399. The van der Waals surface area contributed by atoms with Crippen LogP contribution < -0.4 is 4.90 Å². The van der Waals surface area contributed by atoms with Crippen molar-refractivity contribution >= 4 is 27.5 Å². The number of sulfonamides is 1. The summed E-state index contributed by atoms with van der Waals surface area (Å²) in [5, 5.41) is 0. The molecule has 0 amide bonds. The predicted octanol–water partition coefficient (Wildman–Crippen LogP) is 4.03. The fourth-order valence-corrected chi connectivity index (χ4v) is 4.55. The van der Waals surface area contributed by atoms with Gasteiger partial charge in [-0.25, -0.2) is 9.18 Å². The Hall–Kier alpha value is -3.52. The Morgan fingerprint density at radius 2 is 1.61 bits per heavy atom. The van der Waals surface area contributed by atoms with Crippen LogP contribution in [0.4, 0.5) is 10.1 Å². The zero-order valence-electron chi connectivity index (χ0n) is 16.4. The van der Waals surface area contributed by atoms with Gasteiger partial charge in [0.25, 0.3) is 10.0 Å². The quantitative estimate of drug-likeness (QED) is 0.429. The SMILES string of the molecule is O=C(OCCCN(C1=NS(=O)(=O)c2ccccc21)c1ccccc1)c1ccccc1F. The molecule has 0 radical (unpaired) electrons. The first kappa shape index (κ1) is 20.7. The van der Waals surface area contributed by atoms with E-state index in [4.69, 9.17) is 4.74 Å². The van der Waals surface area contributed by atoms with Gasteiger partial charge in [0.15, 0.2) is 5.84 Å². The Bertz CT molecular complexity index is 1240. The molecule has 0 unspecified atom stereocenters. The van der Waals surface area contributed by atoms with E-state index in [0.29, 0.717) is 24.4 Å². The summed E-state index contributed by atoms with van der Waals surface area (Å²) in [5.74, 6) is -1.06. The van der Waals surface area contributed by atoms with Crippen LogP contribution in [0.2, 0.25) is 0 Å². The summed E-state index contributed by atoms with van der Waals surface area (Å²) in [6, 6.07) is 21.5. The Labute approximate surface area is 179 Å². The van der Waals surface area contributed by atoms with Crippen molar-refractivity contribution in [1.29, 1.82) is 0 Å². The topological polar surface area (TPSA) is 76.0 Å². The number of hydrogen-bond acceptors (Lipinski definition) is 5. The Morgan fingerprint density at radius 3 is 2.39 bits per heavy atom. The summed E-state index contributed by atoms with van der Waals surface area (Å²) < 4.78 is 47.9. The van der Waals surface area contributed by atoms with Gasteiger partial charge >= 0.3 is 5.97 Å². The highest BCUT2D eigenvalue weighted by Crippen LogP contribution is 2.30. The van der Waals surface area contributed by atoms with Gasteiger partial charge in [0.2, 0.25) is 0 Å². The summed E-state index contributed by atoms with van der Waals surface area (Å²) in [7, 11) is -3.77. The lowest BCUT2D eigenvalue weighted by Crippen LogP contribution is -2.32. The molecule has 0 saturated heterocycles. The van der Waals surface area contributed by atoms with Crippen LogP contribution in [-0.4, -0.2) is 33.4 Å². The number of esters is 1. The number of hydrogen-bond donors (Lipinski definition) is 0. The number of anilines is 1. The van der Waals surface area contributed by atoms with Gasteiger partial charge in [-0.05, 0) is 42.8 Å². The first-order valence-electron chi connectivity index (χ1n) is 9.66. The third-order valence-corrected chi connectivity index (χ3v) is 6.11. The normalized spacial score (nSPS) is 13.9. The highest BCUT2D eigenvalue weighted by atomic mass is 32.2. The van der Waals surface area contributed by atoms with E-state index in [1.807, 2.05) is 30.3 Å². The molecule has 0 fully saturated rings. The molecular formula is C23H19FN2O4S. The van der Waals surface area contributed by atoms with E-state index < -0.39 is 21.8 Å². The zero-order chi connectivity index (χ0) is 21.8. The fourth-order valence-electron chi connectivity index (χ4n) is 3.34. The van der Waals surface area contributed by atoms with Crippen molar-refractivity contribution in [2.75, 3.05) is 18.1 Å². The van der Waals surface area contributed by atoms with Crippen LogP contribution in [0.5, 0.6) is 0 Å². The number of amidine groups is 1. The average Bonchev–Trinajstić information content (AvgIpc) is 3.05. The van der Waals surface area contributed by atoms with E-state index >= 15 is 0 Å². The fraction of sp³-hybridized carbons (Fsp3) is 0.130. The maximum absolute atomic E-state index is 13.7. The molecule has 3 aromatic rings. The number of fused-ring (bicyclic) bond motifs is 1. The number of halogens is 1. The minimum Gasteiger partial charge on any atom is -0.462 e. The lowest BCUT2D eigenvalue weighted by molar-refractivity contribution is 0.0497. The van der Waals surface area contributed by atoms with Gasteiger partial charge < -0.3 is 9.64 Å². The van der Waals surface area contributed by atoms with Gasteiger partial charge in [0, 0.05) is 17.8 Å². The first-order valence-corrected chi connectivity index (χ1v) is 11.1. The second-order valence-corrected chi connectivity index (χ2v) is 8.42. The van der Waals surface area contributed by atoms with Crippen molar-refractivity contribution in [3.63, 3.8) is 0 Å². The van der Waals surface area contributed by atoms with E-state index in [2.05, 4.69) is 4.40 Å². The van der Waals surface area contributed by atoms with Gasteiger partial charge in [0.1, 0.15) is 10.7 Å². The number of nitrogens with zero attached hydrogens (tertiary/aromatic N) is 2. The van der Waals surface area contributed by atoms with Crippen molar-refractivity contribution in [2.45, 2.75) is 11.3 Å². The molecule has 0 N–H and O–H groups in total. The number of carbonyl (C=O) groups is 1. The lowest BCUT2D eigenvalue weighted by Gasteiger charge is -2.24. The number of ether oxygens (including phenoxy) is 1. The van der Waals surface area contributed by atoms with Gasteiger partial charge in [-0.15, -0.1) is 4.40 Å². The summed E-state index contributed by atoms with van der Waals surface area (Å²) in [4.78, 5) is 14.0. The summed E-state index contributed by atoms with van der Waals surface area (Å²) >= 11 is 0. The molecule has 0 aliphatic carbocycles. The first-order chi connectivity index (χ1) is 15.0. The standard InChI is InChI=1S/C23H19FN2O4S/c24-20-13-6-4-11-18(20)23(27)30-16-8-15-26(17-9-2-1-3-10-17)22-19-12-5-7-14-21(19)31(28,29)25-22/h1-7,9-14H,8,15-16H2. The Morgan fingerprint density at radius 1 is 0.935 bits per heavy atom. The van der Waals surface area contributed by atoms with Crippen molar-refractivity contribution in [3.05, 3.63) is 95.8 Å². The summed E-state index contributed by atoms with van der Waals surface area (Å²) in [5.41, 5.74) is 1.16. The molecule has 0 spiro atoms. The highest BCUT2D eigenvalue weighted by molar-refractivity contribution is 7.90. The molecule has 0 bridgehead atoms. The van der Waals surface area contributed by atoms with Crippen molar-refractivity contribution < 1.29 is 22.3 Å². The average molecular weight is 438 g/mol. The minimum atomic E-state index is -3.77. The lowest BCUT2D eigenvalue weighted by atomic mass is 10.1. The molecule has 158 valence electrons. The molecular weight excluding hydrogens is 419 g/mol. The third-order valence-electron chi connectivity index (χ3n) is 4.79. The van der Waals surface area contributed by atoms with Crippen LogP contribution in [0.1, 0.15) is 22.3 Å². The van der Waals surface area contributed by atoms with E-state index in [1.54, 1.807) is 29.2 Å². The monoisotopic (exact) mass is 438 g/mol. The zero-order valence-corrected chi connectivity index (χ0v) is 17.3. The molecule has 1 aliphatic rings. The number of carbonyl (C=O) groups excluding carboxylic acids is 1. The molecule has 0 aromatic heterocycles. The Kier molecular flexibility index (Phi) is 5.81. The van der Waals surface area contributed by atoms with Crippen molar-refractivity contribution in [3.8, 4) is 0 Å². The summed E-state index contributed by atoms with van der Waals surface area (Å²) in [6.45, 7) is 0.384. The second-order valence-electron chi connectivity index (χ2n) is 6.84. The maximum Gasteiger partial charge on any atom is 0.341 e. The molecule has 4 rings (SSSR count). The van der Waals surface area contributed by atoms with E-state index in [-0.39, 0.29) is 17.1 Å². The van der Waals surface area contributed by atoms with Gasteiger partial charge in [-0.1, -0.05) is 42.5 Å².